The van der Waals surface area contributed by atoms with Gasteiger partial charge in [0.15, 0.2) is 11.0 Å². The Morgan fingerprint density at radius 2 is 2.23 bits per heavy atom. The molecule has 1 aliphatic carbocycles. The molecule has 1 aliphatic rings. The van der Waals surface area contributed by atoms with E-state index in [1.54, 1.807) is 0 Å². The first-order valence-corrected chi connectivity index (χ1v) is 4.54. The smallest absolute Gasteiger partial charge is 0.166 e. The van der Waals surface area contributed by atoms with E-state index in [4.69, 9.17) is 11.6 Å². The summed E-state index contributed by atoms with van der Waals surface area (Å²) in [6.45, 7) is 0. The van der Waals surface area contributed by atoms with Gasteiger partial charge in [0.25, 0.3) is 0 Å². The normalized spacial score (nSPS) is 19.6. The minimum atomic E-state index is -1.00. The fraction of sp³-hybridized carbons (Fsp3) is 0.444. The van der Waals surface area contributed by atoms with Gasteiger partial charge in [0.05, 0.1) is 5.60 Å². The van der Waals surface area contributed by atoms with Crippen LogP contribution in [0, 0.1) is 5.82 Å². The lowest BCUT2D eigenvalue weighted by Crippen LogP contribution is -2.34. The van der Waals surface area contributed by atoms with Crippen LogP contribution in [0.1, 0.15) is 24.8 Å². The Morgan fingerprint density at radius 1 is 1.54 bits per heavy atom. The van der Waals surface area contributed by atoms with E-state index in [1.165, 1.54) is 12.3 Å². The molecule has 2 nitrogen and oxygen atoms in total. The largest absolute Gasteiger partial charge is 0.385 e. The van der Waals surface area contributed by atoms with Crippen molar-refractivity contribution in [3.05, 3.63) is 28.8 Å². The van der Waals surface area contributed by atoms with Crippen molar-refractivity contribution in [2.45, 2.75) is 24.9 Å². The fourth-order valence-electron chi connectivity index (χ4n) is 1.56. The van der Waals surface area contributed by atoms with Crippen molar-refractivity contribution >= 4 is 11.6 Å². The summed E-state index contributed by atoms with van der Waals surface area (Å²) in [6, 6.07) is 1.49. The SMILES string of the molecule is OC1(c2ccnc(Cl)c2F)CCC1. The zero-order chi connectivity index (χ0) is 9.47. The van der Waals surface area contributed by atoms with E-state index in [0.717, 1.165) is 6.42 Å². The number of aromatic nitrogens is 1. The first-order valence-electron chi connectivity index (χ1n) is 4.16. The summed E-state index contributed by atoms with van der Waals surface area (Å²) in [6.07, 6.45) is 3.54. The summed E-state index contributed by atoms with van der Waals surface area (Å²) >= 11 is 5.50. The van der Waals surface area contributed by atoms with E-state index < -0.39 is 11.4 Å². The maximum Gasteiger partial charge on any atom is 0.166 e. The van der Waals surface area contributed by atoms with Crippen LogP contribution in [0.15, 0.2) is 12.3 Å². The number of pyridine rings is 1. The van der Waals surface area contributed by atoms with Gasteiger partial charge in [-0.25, -0.2) is 9.37 Å². The highest BCUT2D eigenvalue weighted by atomic mass is 35.5. The van der Waals surface area contributed by atoms with E-state index in [1.807, 2.05) is 0 Å². The van der Waals surface area contributed by atoms with Crippen molar-refractivity contribution in [2.75, 3.05) is 0 Å². The molecule has 13 heavy (non-hydrogen) atoms. The zero-order valence-corrected chi connectivity index (χ0v) is 7.68. The molecule has 0 radical (unpaired) electrons. The van der Waals surface area contributed by atoms with Crippen LogP contribution in [-0.2, 0) is 5.60 Å². The van der Waals surface area contributed by atoms with Gasteiger partial charge in [0.1, 0.15) is 0 Å². The number of aliphatic hydroxyl groups is 1. The molecule has 0 spiro atoms. The van der Waals surface area contributed by atoms with Crippen molar-refractivity contribution in [1.82, 2.24) is 4.98 Å². The van der Waals surface area contributed by atoms with Gasteiger partial charge in [-0.05, 0) is 25.3 Å². The molecule has 0 amide bonds. The Morgan fingerprint density at radius 3 is 2.77 bits per heavy atom. The van der Waals surface area contributed by atoms with Gasteiger partial charge in [-0.3, -0.25) is 0 Å². The van der Waals surface area contributed by atoms with Crippen LogP contribution in [0.5, 0.6) is 0 Å². The highest BCUT2D eigenvalue weighted by Crippen LogP contribution is 2.42. The molecule has 2 rings (SSSR count). The van der Waals surface area contributed by atoms with E-state index >= 15 is 0 Å². The summed E-state index contributed by atoms with van der Waals surface area (Å²) in [4.78, 5) is 3.59. The van der Waals surface area contributed by atoms with Crippen molar-refractivity contribution in [1.29, 1.82) is 0 Å². The van der Waals surface area contributed by atoms with Crippen molar-refractivity contribution < 1.29 is 9.50 Å². The number of rotatable bonds is 1. The average Bonchev–Trinajstić information content (AvgIpc) is 2.06. The highest BCUT2D eigenvalue weighted by molar-refractivity contribution is 6.29. The van der Waals surface area contributed by atoms with Gasteiger partial charge >= 0.3 is 0 Å². The Labute approximate surface area is 80.4 Å². The minimum Gasteiger partial charge on any atom is -0.385 e. The summed E-state index contributed by atoms with van der Waals surface area (Å²) in [5.41, 5.74) is -0.727. The van der Waals surface area contributed by atoms with Crippen LogP contribution in [0.25, 0.3) is 0 Å². The first-order chi connectivity index (χ1) is 6.13. The molecular weight excluding hydrogens is 193 g/mol. The Kier molecular flexibility index (Phi) is 2.00. The van der Waals surface area contributed by atoms with Crippen LogP contribution in [0.3, 0.4) is 0 Å². The Hall–Kier alpha value is -0.670. The molecular formula is C9H9ClFNO. The van der Waals surface area contributed by atoms with Crippen LogP contribution in [0.2, 0.25) is 5.15 Å². The van der Waals surface area contributed by atoms with Crippen LogP contribution >= 0.6 is 11.6 Å². The Bertz CT molecular complexity index is 338. The molecule has 0 unspecified atom stereocenters. The fourth-order valence-corrected chi connectivity index (χ4v) is 1.72. The standard InChI is InChI=1S/C9H9ClFNO/c10-8-7(11)6(2-5-12-8)9(13)3-1-4-9/h2,5,13H,1,3-4H2. The van der Waals surface area contributed by atoms with Crippen molar-refractivity contribution in [2.24, 2.45) is 0 Å². The molecule has 70 valence electrons. The molecule has 0 bridgehead atoms. The Balaban J connectivity index is 2.45. The van der Waals surface area contributed by atoms with Crippen LogP contribution < -0.4 is 0 Å². The quantitative estimate of drug-likeness (QED) is 0.707. The van der Waals surface area contributed by atoms with Gasteiger partial charge < -0.3 is 5.11 Å². The van der Waals surface area contributed by atoms with Crippen molar-refractivity contribution in [3.8, 4) is 0 Å². The number of hydrogen-bond acceptors (Lipinski definition) is 2. The lowest BCUT2D eigenvalue weighted by atomic mass is 9.75. The number of nitrogens with zero attached hydrogens (tertiary/aromatic N) is 1. The molecule has 1 saturated carbocycles. The topological polar surface area (TPSA) is 33.1 Å². The maximum atomic E-state index is 13.4. The lowest BCUT2D eigenvalue weighted by molar-refractivity contribution is -0.0417. The molecule has 1 N–H and O–H groups in total. The third kappa shape index (κ3) is 1.32. The van der Waals surface area contributed by atoms with Crippen LogP contribution in [0.4, 0.5) is 4.39 Å². The first kappa shape index (κ1) is 8.91. The maximum absolute atomic E-state index is 13.4. The average molecular weight is 202 g/mol. The number of halogens is 2. The third-order valence-electron chi connectivity index (χ3n) is 2.53. The van der Waals surface area contributed by atoms with Gasteiger partial charge in [0, 0.05) is 11.8 Å². The van der Waals surface area contributed by atoms with E-state index in [-0.39, 0.29) is 10.7 Å². The monoisotopic (exact) mass is 201 g/mol. The van der Waals surface area contributed by atoms with E-state index in [2.05, 4.69) is 4.98 Å². The highest BCUT2D eigenvalue weighted by Gasteiger charge is 2.38. The second-order valence-corrected chi connectivity index (χ2v) is 3.71. The molecule has 0 aromatic carbocycles. The molecule has 4 heteroatoms. The summed E-state index contributed by atoms with van der Waals surface area (Å²) in [7, 11) is 0. The summed E-state index contributed by atoms with van der Waals surface area (Å²) in [5.74, 6) is -0.591. The van der Waals surface area contributed by atoms with Crippen LogP contribution in [-0.4, -0.2) is 10.1 Å². The molecule has 1 fully saturated rings. The van der Waals surface area contributed by atoms with Gasteiger partial charge in [-0.2, -0.15) is 0 Å². The summed E-state index contributed by atoms with van der Waals surface area (Å²) in [5, 5.41) is 9.69. The second kappa shape index (κ2) is 2.93. The molecule has 0 saturated heterocycles. The summed E-state index contributed by atoms with van der Waals surface area (Å²) < 4.78 is 13.4. The predicted molar refractivity (Wildman–Crippen MR) is 47.0 cm³/mol. The van der Waals surface area contributed by atoms with Gasteiger partial charge in [-0.15, -0.1) is 0 Å². The molecule has 1 aromatic rings. The third-order valence-corrected chi connectivity index (χ3v) is 2.79. The lowest BCUT2D eigenvalue weighted by Gasteiger charge is -2.37. The number of hydrogen-bond donors (Lipinski definition) is 1. The van der Waals surface area contributed by atoms with E-state index in [9.17, 15) is 9.50 Å². The zero-order valence-electron chi connectivity index (χ0n) is 6.93. The minimum absolute atomic E-state index is 0.169. The molecule has 0 aliphatic heterocycles. The van der Waals surface area contributed by atoms with Crippen molar-refractivity contribution in [3.63, 3.8) is 0 Å². The molecule has 0 atom stereocenters. The second-order valence-electron chi connectivity index (χ2n) is 3.35. The van der Waals surface area contributed by atoms with Gasteiger partial charge in [-0.1, -0.05) is 11.6 Å². The van der Waals surface area contributed by atoms with E-state index in [0.29, 0.717) is 12.8 Å². The molecule has 1 heterocycles. The van der Waals surface area contributed by atoms with Gasteiger partial charge in [0.2, 0.25) is 0 Å². The molecule has 1 aromatic heterocycles. The predicted octanol–water partition coefficient (Wildman–Crippen LogP) is 2.25.